The van der Waals surface area contributed by atoms with Gasteiger partial charge in [-0.05, 0) is 81.2 Å². The standard InChI is InChI=1S/C22H37FN2O/c1-21(2,3)5-7-25-6-4-17(19(23)14-25)13-24-20(26)22-11-15-8-16(12-22)10-18(22)9-15/h15-19H,4-14H2,1-3H3,(H,24,26)/t15?,16?,17-,18?,19-,22?/m1/s1. The fraction of sp³-hybridized carbons (Fsp3) is 0.955. The molecule has 0 radical (unpaired) electrons. The number of carbonyl (C=O) groups is 1. The van der Waals surface area contributed by atoms with E-state index >= 15 is 0 Å². The Hall–Kier alpha value is -0.640. The van der Waals surface area contributed by atoms with Crippen LogP contribution in [0.3, 0.4) is 0 Å². The van der Waals surface area contributed by atoms with Gasteiger partial charge in [-0.25, -0.2) is 4.39 Å². The number of rotatable bonds is 5. The van der Waals surface area contributed by atoms with Gasteiger partial charge >= 0.3 is 0 Å². The van der Waals surface area contributed by atoms with E-state index in [1.165, 1.54) is 19.3 Å². The smallest absolute Gasteiger partial charge is 0.226 e. The zero-order chi connectivity index (χ0) is 18.5. The summed E-state index contributed by atoms with van der Waals surface area (Å²) in [5, 5.41) is 3.20. The molecular formula is C22H37FN2O. The quantitative estimate of drug-likeness (QED) is 0.799. The Balaban J connectivity index is 1.25. The second-order valence-corrected chi connectivity index (χ2v) is 11.1. The molecule has 1 heterocycles. The van der Waals surface area contributed by atoms with E-state index < -0.39 is 6.17 Å². The van der Waals surface area contributed by atoms with E-state index in [2.05, 4.69) is 31.0 Å². The molecular weight excluding hydrogens is 327 g/mol. The lowest BCUT2D eigenvalue weighted by atomic mass is 9.75. The molecule has 4 saturated carbocycles. The third-order valence-electron chi connectivity index (χ3n) is 7.90. The van der Waals surface area contributed by atoms with Crippen molar-refractivity contribution in [3.05, 3.63) is 0 Å². The lowest BCUT2D eigenvalue weighted by Gasteiger charge is -2.37. The minimum Gasteiger partial charge on any atom is -0.355 e. The van der Waals surface area contributed by atoms with Gasteiger partial charge in [0, 0.05) is 19.0 Å². The maximum Gasteiger partial charge on any atom is 0.226 e. The molecule has 0 aromatic carbocycles. The second-order valence-electron chi connectivity index (χ2n) is 11.1. The molecule has 1 amide bonds. The number of alkyl halides is 1. The molecule has 5 aliphatic rings. The van der Waals surface area contributed by atoms with Crippen molar-refractivity contribution in [1.29, 1.82) is 0 Å². The summed E-state index contributed by atoms with van der Waals surface area (Å²) in [6.45, 7) is 9.75. The molecule has 1 saturated heterocycles. The van der Waals surface area contributed by atoms with Crippen molar-refractivity contribution in [3.63, 3.8) is 0 Å². The van der Waals surface area contributed by atoms with Crippen molar-refractivity contribution in [3.8, 4) is 0 Å². The highest BCUT2D eigenvalue weighted by Crippen LogP contribution is 2.65. The minimum atomic E-state index is -0.808. The molecule has 3 nitrogen and oxygen atoms in total. The van der Waals surface area contributed by atoms with Crippen LogP contribution in [0.5, 0.6) is 0 Å². The Kier molecular flexibility index (Phi) is 4.86. The van der Waals surface area contributed by atoms with Gasteiger partial charge < -0.3 is 10.2 Å². The van der Waals surface area contributed by atoms with Crippen molar-refractivity contribution < 1.29 is 9.18 Å². The van der Waals surface area contributed by atoms with Gasteiger partial charge in [0.2, 0.25) is 5.91 Å². The van der Waals surface area contributed by atoms with E-state index in [4.69, 9.17) is 0 Å². The normalized spacial score (nSPS) is 42.4. The minimum absolute atomic E-state index is 0.00275. The highest BCUT2D eigenvalue weighted by molar-refractivity contribution is 5.84. The van der Waals surface area contributed by atoms with E-state index in [1.807, 2.05) is 0 Å². The van der Waals surface area contributed by atoms with Crippen LogP contribution in [0.15, 0.2) is 0 Å². The predicted molar refractivity (Wildman–Crippen MR) is 103 cm³/mol. The third-order valence-corrected chi connectivity index (χ3v) is 7.90. The number of likely N-dealkylation sites (tertiary alicyclic amines) is 1. The molecule has 5 fully saturated rings. The zero-order valence-corrected chi connectivity index (χ0v) is 16.9. The third kappa shape index (κ3) is 3.55. The molecule has 5 rings (SSSR count). The molecule has 26 heavy (non-hydrogen) atoms. The summed E-state index contributed by atoms with van der Waals surface area (Å²) in [7, 11) is 0. The Morgan fingerprint density at radius 3 is 2.50 bits per heavy atom. The van der Waals surface area contributed by atoms with Gasteiger partial charge in [-0.2, -0.15) is 0 Å². The monoisotopic (exact) mass is 364 g/mol. The fourth-order valence-corrected chi connectivity index (χ4v) is 6.51. The summed E-state index contributed by atoms with van der Waals surface area (Å²) in [6.07, 6.45) is 7.25. The molecule has 0 aromatic rings. The predicted octanol–water partition coefficient (Wildman–Crippen LogP) is 4.03. The van der Waals surface area contributed by atoms with E-state index in [0.29, 0.717) is 24.4 Å². The van der Waals surface area contributed by atoms with Crippen molar-refractivity contribution in [1.82, 2.24) is 10.2 Å². The van der Waals surface area contributed by atoms with Crippen LogP contribution in [-0.4, -0.2) is 43.2 Å². The molecule has 4 aliphatic carbocycles. The number of carbonyl (C=O) groups excluding carboxylic acids is 1. The number of hydrogen-bond donors (Lipinski definition) is 1. The first-order valence-electron chi connectivity index (χ1n) is 10.9. The van der Waals surface area contributed by atoms with Crippen molar-refractivity contribution in [2.75, 3.05) is 26.2 Å². The summed E-state index contributed by atoms with van der Waals surface area (Å²) in [5.74, 6) is 2.45. The van der Waals surface area contributed by atoms with Crippen LogP contribution < -0.4 is 5.32 Å². The summed E-state index contributed by atoms with van der Waals surface area (Å²) in [4.78, 5) is 15.3. The summed E-state index contributed by atoms with van der Waals surface area (Å²) in [6, 6.07) is 0. The van der Waals surface area contributed by atoms with Crippen LogP contribution in [0.25, 0.3) is 0 Å². The SMILES string of the molecule is CC(C)(C)CCN1CC[C@H](CNC(=O)C23CC4CC(CC2C4)C3)[C@H](F)C1. The average molecular weight is 365 g/mol. The summed E-state index contributed by atoms with van der Waals surface area (Å²) in [5.41, 5.74) is 0.225. The Bertz CT molecular complexity index is 529. The van der Waals surface area contributed by atoms with Gasteiger partial charge in [0.15, 0.2) is 0 Å². The van der Waals surface area contributed by atoms with E-state index in [-0.39, 0.29) is 17.2 Å². The highest BCUT2D eigenvalue weighted by Gasteiger charge is 2.61. The number of nitrogens with zero attached hydrogens (tertiary/aromatic N) is 1. The van der Waals surface area contributed by atoms with Crippen LogP contribution in [0.2, 0.25) is 0 Å². The Morgan fingerprint density at radius 2 is 1.88 bits per heavy atom. The van der Waals surface area contributed by atoms with Crippen molar-refractivity contribution in [2.24, 2.45) is 34.5 Å². The second kappa shape index (κ2) is 6.76. The molecule has 0 aromatic heterocycles. The molecule has 1 aliphatic heterocycles. The van der Waals surface area contributed by atoms with Crippen LogP contribution >= 0.6 is 0 Å². The lowest BCUT2D eigenvalue weighted by molar-refractivity contribution is -0.133. The van der Waals surface area contributed by atoms with Crippen molar-refractivity contribution >= 4 is 5.91 Å². The maximum absolute atomic E-state index is 14.7. The zero-order valence-electron chi connectivity index (χ0n) is 16.9. The van der Waals surface area contributed by atoms with Crippen LogP contribution in [0, 0.1) is 34.5 Å². The first-order valence-corrected chi connectivity index (χ1v) is 10.9. The molecule has 148 valence electrons. The fourth-order valence-electron chi connectivity index (χ4n) is 6.51. The van der Waals surface area contributed by atoms with Gasteiger partial charge in [-0.1, -0.05) is 20.8 Å². The number of halogens is 1. The molecule has 2 unspecified atom stereocenters. The van der Waals surface area contributed by atoms with Crippen LogP contribution in [-0.2, 0) is 4.79 Å². The van der Waals surface area contributed by atoms with Gasteiger partial charge in [0.05, 0.1) is 5.41 Å². The number of piperidine rings is 1. The molecule has 4 bridgehead atoms. The van der Waals surface area contributed by atoms with Crippen molar-refractivity contribution in [2.45, 2.75) is 71.9 Å². The first-order chi connectivity index (χ1) is 12.2. The van der Waals surface area contributed by atoms with Gasteiger partial charge in [-0.15, -0.1) is 0 Å². The summed E-state index contributed by atoms with van der Waals surface area (Å²) < 4.78 is 14.7. The van der Waals surface area contributed by atoms with E-state index in [9.17, 15) is 9.18 Å². The Labute approximate surface area is 158 Å². The van der Waals surface area contributed by atoms with E-state index in [1.54, 1.807) is 0 Å². The number of hydrogen-bond acceptors (Lipinski definition) is 2. The van der Waals surface area contributed by atoms with Crippen LogP contribution in [0.1, 0.15) is 65.7 Å². The summed E-state index contributed by atoms with van der Waals surface area (Å²) >= 11 is 0. The molecule has 1 N–H and O–H groups in total. The van der Waals surface area contributed by atoms with Gasteiger partial charge in [-0.3, -0.25) is 4.79 Å². The highest BCUT2D eigenvalue weighted by atomic mass is 19.1. The average Bonchev–Trinajstić information content (AvgIpc) is 2.96. The largest absolute Gasteiger partial charge is 0.355 e. The topological polar surface area (TPSA) is 32.3 Å². The lowest BCUT2D eigenvalue weighted by Crippen LogP contribution is -2.49. The van der Waals surface area contributed by atoms with Crippen LogP contribution in [0.4, 0.5) is 4.39 Å². The van der Waals surface area contributed by atoms with E-state index in [0.717, 1.165) is 50.6 Å². The maximum atomic E-state index is 14.7. The first kappa shape index (κ1) is 18.7. The number of amides is 1. The van der Waals surface area contributed by atoms with Gasteiger partial charge in [0.25, 0.3) is 0 Å². The molecule has 4 atom stereocenters. The Morgan fingerprint density at radius 1 is 1.19 bits per heavy atom. The molecule has 0 spiro atoms. The molecule has 4 heteroatoms. The van der Waals surface area contributed by atoms with Gasteiger partial charge in [0.1, 0.15) is 6.17 Å². The number of nitrogens with one attached hydrogen (secondary N) is 1.